The number of aromatic nitrogens is 1. The van der Waals surface area contributed by atoms with Crippen molar-refractivity contribution < 1.29 is 31.1 Å². The fraction of sp³-hybridized carbons (Fsp3) is 0.250. The third kappa shape index (κ3) is 5.92. The fourth-order valence-electron chi connectivity index (χ4n) is 3.07. The van der Waals surface area contributed by atoms with Crippen LogP contribution in [0.15, 0.2) is 48.7 Å². The smallest absolute Gasteiger partial charge is 0.361 e. The third-order valence-electron chi connectivity index (χ3n) is 4.57. The van der Waals surface area contributed by atoms with Gasteiger partial charge in [0.15, 0.2) is 0 Å². The van der Waals surface area contributed by atoms with Gasteiger partial charge in [-0.15, -0.1) is 12.4 Å². The molecule has 0 aliphatic heterocycles. The molecule has 3 rings (SSSR count). The summed E-state index contributed by atoms with van der Waals surface area (Å²) in [6.45, 7) is -0.520. The molecule has 0 fully saturated rings. The Balaban J connectivity index is 0.00000341. The highest BCUT2D eigenvalue weighted by Gasteiger charge is 2.36. The van der Waals surface area contributed by atoms with Crippen molar-refractivity contribution in [3.8, 4) is 0 Å². The molecule has 1 aromatic heterocycles. The van der Waals surface area contributed by atoms with Gasteiger partial charge in [-0.05, 0) is 41.8 Å². The number of nitrogens with two attached hydrogens (primary N) is 1. The number of alkyl halides is 6. The summed E-state index contributed by atoms with van der Waals surface area (Å²) in [6, 6.07) is 7.48. The number of rotatable bonds is 5. The largest absolute Gasteiger partial charge is 0.416 e. The molecule has 0 bridgehead atoms. The molecule has 0 aliphatic carbocycles. The molecule has 1 heterocycles. The van der Waals surface area contributed by atoms with Gasteiger partial charge in [0.2, 0.25) is 5.91 Å². The van der Waals surface area contributed by atoms with Crippen molar-refractivity contribution in [2.75, 3.05) is 0 Å². The lowest BCUT2D eigenvalue weighted by molar-refractivity contribution is -0.143. The number of halogens is 7. The van der Waals surface area contributed by atoms with E-state index < -0.39 is 42.0 Å². The van der Waals surface area contributed by atoms with Crippen LogP contribution in [-0.4, -0.2) is 16.9 Å². The maximum Gasteiger partial charge on any atom is 0.416 e. The van der Waals surface area contributed by atoms with Crippen LogP contribution >= 0.6 is 12.4 Å². The molecule has 0 aliphatic rings. The summed E-state index contributed by atoms with van der Waals surface area (Å²) < 4.78 is 77.5. The molecule has 11 heteroatoms. The first-order valence-electron chi connectivity index (χ1n) is 8.82. The van der Waals surface area contributed by atoms with Gasteiger partial charge in [0, 0.05) is 23.6 Å². The van der Waals surface area contributed by atoms with Gasteiger partial charge in [-0.25, -0.2) is 0 Å². The van der Waals surface area contributed by atoms with E-state index in [-0.39, 0.29) is 30.5 Å². The molecule has 0 spiro atoms. The number of para-hydroxylation sites is 1. The molecule has 0 radical (unpaired) electrons. The first-order chi connectivity index (χ1) is 13.9. The molecule has 0 saturated heterocycles. The van der Waals surface area contributed by atoms with Gasteiger partial charge in [0.25, 0.3) is 0 Å². The second kappa shape index (κ2) is 9.19. The maximum absolute atomic E-state index is 12.9. The van der Waals surface area contributed by atoms with Crippen molar-refractivity contribution in [1.82, 2.24) is 10.3 Å². The predicted molar refractivity (Wildman–Crippen MR) is 106 cm³/mol. The van der Waals surface area contributed by atoms with Crippen LogP contribution in [0.5, 0.6) is 0 Å². The van der Waals surface area contributed by atoms with E-state index in [0.29, 0.717) is 12.1 Å². The van der Waals surface area contributed by atoms with Gasteiger partial charge >= 0.3 is 12.4 Å². The first kappa shape index (κ1) is 24.5. The van der Waals surface area contributed by atoms with E-state index in [1.165, 1.54) is 0 Å². The summed E-state index contributed by atoms with van der Waals surface area (Å²) in [5, 5.41) is 3.18. The van der Waals surface area contributed by atoms with E-state index >= 15 is 0 Å². The molecule has 168 valence electrons. The van der Waals surface area contributed by atoms with Gasteiger partial charge in [-0.2, -0.15) is 26.3 Å². The van der Waals surface area contributed by atoms with Crippen molar-refractivity contribution in [2.45, 2.75) is 31.4 Å². The SMILES string of the molecule is Cl.NC(Cc1c[nH]c2ccccc12)C(=O)NCc1cc(C(F)(F)F)cc(C(F)(F)F)c1. The summed E-state index contributed by atoms with van der Waals surface area (Å²) in [5.74, 6) is -0.689. The summed E-state index contributed by atoms with van der Waals surface area (Å²) >= 11 is 0. The van der Waals surface area contributed by atoms with Gasteiger partial charge < -0.3 is 16.0 Å². The Morgan fingerprint density at radius 2 is 1.58 bits per heavy atom. The predicted octanol–water partition coefficient (Wildman–Crippen LogP) is 4.81. The second-order valence-corrected chi connectivity index (χ2v) is 6.80. The Bertz CT molecular complexity index is 1030. The molecule has 1 atom stereocenters. The molecule has 3 aromatic rings. The molecule has 2 aromatic carbocycles. The number of carbonyl (C=O) groups excluding carboxylic acids is 1. The highest BCUT2D eigenvalue weighted by atomic mass is 35.5. The lowest BCUT2D eigenvalue weighted by Crippen LogP contribution is -2.41. The van der Waals surface area contributed by atoms with Crippen molar-refractivity contribution in [3.05, 3.63) is 70.9 Å². The normalized spacial score (nSPS) is 13.0. The monoisotopic (exact) mass is 465 g/mol. The standard InChI is InChI=1S/C20H17F6N3O.ClH/c21-19(22,23)13-5-11(6-14(8-13)20(24,25)26)9-29-18(30)16(27)7-12-10-28-17-4-2-1-3-15(12)17;/h1-6,8,10,16,28H,7,9,27H2,(H,29,30);1H. The second-order valence-electron chi connectivity index (χ2n) is 6.80. The van der Waals surface area contributed by atoms with Crippen LogP contribution in [0.25, 0.3) is 10.9 Å². The average molecular weight is 466 g/mol. The van der Waals surface area contributed by atoms with Crippen LogP contribution in [0.1, 0.15) is 22.3 Å². The number of benzene rings is 2. The van der Waals surface area contributed by atoms with Crippen LogP contribution < -0.4 is 11.1 Å². The van der Waals surface area contributed by atoms with E-state index in [1.54, 1.807) is 6.20 Å². The van der Waals surface area contributed by atoms with Crippen LogP contribution in [0.4, 0.5) is 26.3 Å². The molecule has 4 N–H and O–H groups in total. The number of H-pyrrole nitrogens is 1. The molecule has 31 heavy (non-hydrogen) atoms. The van der Waals surface area contributed by atoms with E-state index in [2.05, 4.69) is 10.3 Å². The number of hydrogen-bond acceptors (Lipinski definition) is 2. The number of hydrogen-bond donors (Lipinski definition) is 3. The highest BCUT2D eigenvalue weighted by molar-refractivity contribution is 5.86. The molecule has 1 unspecified atom stereocenters. The Morgan fingerprint density at radius 1 is 1.00 bits per heavy atom. The zero-order chi connectivity index (χ0) is 22.1. The third-order valence-corrected chi connectivity index (χ3v) is 4.57. The topological polar surface area (TPSA) is 70.9 Å². The molecule has 1 amide bonds. The Hall–Kier alpha value is -2.72. The van der Waals surface area contributed by atoms with Gasteiger partial charge in [-0.3, -0.25) is 4.79 Å². The lowest BCUT2D eigenvalue weighted by atomic mass is 10.0. The van der Waals surface area contributed by atoms with E-state index in [0.717, 1.165) is 16.5 Å². The minimum absolute atomic E-state index is 0. The number of carbonyl (C=O) groups is 1. The molecule has 0 saturated carbocycles. The minimum atomic E-state index is -4.95. The molecular formula is C20H18ClF6N3O. The van der Waals surface area contributed by atoms with Gasteiger partial charge in [-0.1, -0.05) is 18.2 Å². The van der Waals surface area contributed by atoms with Crippen molar-refractivity contribution in [3.63, 3.8) is 0 Å². The van der Waals surface area contributed by atoms with Crippen molar-refractivity contribution in [1.29, 1.82) is 0 Å². The summed E-state index contributed by atoms with van der Waals surface area (Å²) in [7, 11) is 0. The molecular weight excluding hydrogens is 448 g/mol. The zero-order valence-corrected chi connectivity index (χ0v) is 16.6. The van der Waals surface area contributed by atoms with Crippen LogP contribution in [-0.2, 0) is 30.1 Å². The Morgan fingerprint density at radius 3 is 2.16 bits per heavy atom. The Kier molecular flexibility index (Phi) is 7.28. The molecule has 4 nitrogen and oxygen atoms in total. The Labute approximate surface area is 179 Å². The number of aromatic amines is 1. The number of nitrogens with one attached hydrogen (secondary N) is 2. The van der Waals surface area contributed by atoms with E-state index in [1.807, 2.05) is 24.3 Å². The van der Waals surface area contributed by atoms with Crippen molar-refractivity contribution in [2.24, 2.45) is 5.73 Å². The van der Waals surface area contributed by atoms with Crippen LogP contribution in [0.3, 0.4) is 0 Å². The van der Waals surface area contributed by atoms with Crippen LogP contribution in [0, 0.1) is 0 Å². The van der Waals surface area contributed by atoms with Gasteiger partial charge in [0.05, 0.1) is 17.2 Å². The van der Waals surface area contributed by atoms with Crippen LogP contribution in [0.2, 0.25) is 0 Å². The quantitative estimate of drug-likeness (QED) is 0.473. The highest BCUT2D eigenvalue weighted by Crippen LogP contribution is 2.36. The first-order valence-corrected chi connectivity index (χ1v) is 8.82. The van der Waals surface area contributed by atoms with Crippen molar-refractivity contribution >= 4 is 29.2 Å². The average Bonchev–Trinajstić information content (AvgIpc) is 3.07. The number of amides is 1. The van der Waals surface area contributed by atoms with Gasteiger partial charge in [0.1, 0.15) is 0 Å². The van der Waals surface area contributed by atoms with E-state index in [9.17, 15) is 31.1 Å². The summed E-state index contributed by atoms with van der Waals surface area (Å²) in [6.07, 6.45) is -8.07. The minimum Gasteiger partial charge on any atom is -0.361 e. The fourth-order valence-corrected chi connectivity index (χ4v) is 3.07. The summed E-state index contributed by atoms with van der Waals surface area (Å²) in [4.78, 5) is 15.3. The number of fused-ring (bicyclic) bond motifs is 1. The van der Waals surface area contributed by atoms with E-state index in [4.69, 9.17) is 5.73 Å². The zero-order valence-electron chi connectivity index (χ0n) is 15.8. The lowest BCUT2D eigenvalue weighted by Gasteiger charge is -2.16. The maximum atomic E-state index is 12.9. The summed E-state index contributed by atoms with van der Waals surface area (Å²) in [5.41, 5.74) is 4.29.